The summed E-state index contributed by atoms with van der Waals surface area (Å²) < 4.78 is 6.07. The molecule has 1 N–H and O–H groups in total. The minimum absolute atomic E-state index is 0.0471. The zero-order chi connectivity index (χ0) is 17.1. The molecule has 3 aromatic rings. The second-order valence-electron chi connectivity index (χ2n) is 5.95. The maximum atomic E-state index is 12.3. The van der Waals surface area contributed by atoms with E-state index < -0.39 is 0 Å². The monoisotopic (exact) mass is 354 g/mol. The van der Waals surface area contributed by atoms with Gasteiger partial charge in [-0.3, -0.25) is 5.32 Å². The Labute approximate surface area is 149 Å². The van der Waals surface area contributed by atoms with E-state index in [1.165, 1.54) is 11.3 Å². The van der Waals surface area contributed by atoms with Crippen LogP contribution in [0.15, 0.2) is 48.0 Å². The molecule has 1 aromatic carbocycles. The Morgan fingerprint density at radius 2 is 2.04 bits per heavy atom. The van der Waals surface area contributed by atoms with Crippen molar-refractivity contribution < 1.29 is 9.53 Å². The topological polar surface area (TPSA) is 67.4 Å². The molecule has 1 saturated heterocycles. The summed E-state index contributed by atoms with van der Waals surface area (Å²) in [5.74, 6) is 0.569. The number of amides is 2. The number of fused-ring (bicyclic) bond motifs is 1. The van der Waals surface area contributed by atoms with Crippen molar-refractivity contribution in [2.24, 2.45) is 0 Å². The van der Waals surface area contributed by atoms with E-state index >= 15 is 0 Å². The second kappa shape index (κ2) is 7.06. The molecule has 6 nitrogen and oxygen atoms in total. The summed E-state index contributed by atoms with van der Waals surface area (Å²) in [5, 5.41) is 15.9. The van der Waals surface area contributed by atoms with E-state index in [0.29, 0.717) is 19.0 Å². The van der Waals surface area contributed by atoms with Gasteiger partial charge in [-0.15, -0.1) is 16.4 Å². The number of rotatable bonds is 3. The minimum atomic E-state index is -0.0501. The van der Waals surface area contributed by atoms with E-state index in [1.54, 1.807) is 6.20 Å². The highest BCUT2D eigenvalue weighted by Crippen LogP contribution is 2.25. The van der Waals surface area contributed by atoms with Crippen molar-refractivity contribution in [2.75, 3.05) is 18.4 Å². The first-order valence-corrected chi connectivity index (χ1v) is 9.14. The lowest BCUT2D eigenvalue weighted by Crippen LogP contribution is -2.43. The number of piperidine rings is 1. The van der Waals surface area contributed by atoms with E-state index in [9.17, 15) is 4.79 Å². The van der Waals surface area contributed by atoms with Crippen LogP contribution in [-0.4, -0.2) is 40.3 Å². The van der Waals surface area contributed by atoms with Crippen LogP contribution in [0.2, 0.25) is 0 Å². The van der Waals surface area contributed by atoms with Crippen LogP contribution in [0.5, 0.6) is 5.88 Å². The lowest BCUT2D eigenvalue weighted by molar-refractivity contribution is 0.112. The fraction of sp³-hybridized carbons (Fsp3) is 0.278. The normalized spacial score (nSPS) is 15.3. The molecular formula is C18H18N4O2S. The molecule has 2 amide bonds. The fourth-order valence-corrected chi connectivity index (χ4v) is 3.56. The van der Waals surface area contributed by atoms with Crippen molar-refractivity contribution >= 4 is 33.1 Å². The average molecular weight is 354 g/mol. The molecule has 0 radical (unpaired) electrons. The van der Waals surface area contributed by atoms with Gasteiger partial charge in [-0.05, 0) is 23.6 Å². The van der Waals surface area contributed by atoms with Gasteiger partial charge in [-0.1, -0.05) is 18.2 Å². The first kappa shape index (κ1) is 15.8. The van der Waals surface area contributed by atoms with Crippen LogP contribution >= 0.6 is 11.3 Å². The number of carbonyl (C=O) groups excluding carboxylic acids is 1. The molecule has 0 atom stereocenters. The number of nitrogens with zero attached hydrogens (tertiary/aromatic N) is 3. The van der Waals surface area contributed by atoms with Crippen molar-refractivity contribution in [3.8, 4) is 5.88 Å². The predicted octanol–water partition coefficient (Wildman–Crippen LogP) is 3.77. The molecule has 0 unspecified atom stereocenters. The summed E-state index contributed by atoms with van der Waals surface area (Å²) in [6.45, 7) is 1.33. The molecule has 3 heterocycles. The molecule has 1 aliphatic rings. The Hall–Kier alpha value is -2.67. The molecule has 2 aromatic heterocycles. The first-order chi connectivity index (χ1) is 12.3. The van der Waals surface area contributed by atoms with Gasteiger partial charge in [0.2, 0.25) is 5.88 Å². The summed E-state index contributed by atoms with van der Waals surface area (Å²) in [5.41, 5.74) is 0. The van der Waals surface area contributed by atoms with Crippen LogP contribution in [0, 0.1) is 0 Å². The zero-order valence-corrected chi connectivity index (χ0v) is 14.4. The zero-order valence-electron chi connectivity index (χ0n) is 13.6. The second-order valence-corrected chi connectivity index (χ2v) is 6.90. The molecule has 7 heteroatoms. The number of carbonyl (C=O) groups is 1. The maximum absolute atomic E-state index is 12.3. The number of urea groups is 1. The molecule has 128 valence electrons. The smallest absolute Gasteiger partial charge is 0.322 e. The van der Waals surface area contributed by atoms with Crippen molar-refractivity contribution in [1.82, 2.24) is 15.1 Å². The Morgan fingerprint density at radius 1 is 1.20 bits per heavy atom. The van der Waals surface area contributed by atoms with Gasteiger partial charge in [0.1, 0.15) is 6.10 Å². The Morgan fingerprint density at radius 3 is 2.84 bits per heavy atom. The molecule has 25 heavy (non-hydrogen) atoms. The molecule has 0 aliphatic carbocycles. The Balaban J connectivity index is 1.36. The van der Waals surface area contributed by atoms with Gasteiger partial charge in [0.25, 0.3) is 0 Å². The van der Waals surface area contributed by atoms with E-state index in [1.807, 2.05) is 46.7 Å². The third-order valence-electron chi connectivity index (χ3n) is 4.30. The van der Waals surface area contributed by atoms with Gasteiger partial charge >= 0.3 is 6.03 Å². The number of likely N-dealkylation sites (tertiary alicyclic amines) is 1. The van der Waals surface area contributed by atoms with Crippen LogP contribution in [0.1, 0.15) is 12.8 Å². The van der Waals surface area contributed by atoms with E-state index in [2.05, 4.69) is 15.5 Å². The van der Waals surface area contributed by atoms with Crippen LogP contribution in [-0.2, 0) is 0 Å². The van der Waals surface area contributed by atoms with E-state index in [-0.39, 0.29) is 12.1 Å². The van der Waals surface area contributed by atoms with Crippen LogP contribution in [0.25, 0.3) is 10.8 Å². The van der Waals surface area contributed by atoms with Crippen molar-refractivity contribution in [3.05, 3.63) is 48.0 Å². The number of anilines is 1. The van der Waals surface area contributed by atoms with Gasteiger partial charge in [0.15, 0.2) is 0 Å². The standard InChI is InChI=1S/C18H18N4O2S/c23-18(20-16-6-3-11-25-16)22-9-7-14(8-10-22)24-17-15-5-2-1-4-13(15)12-19-21-17/h1-6,11-12,14H,7-10H2,(H,20,23). The molecule has 0 bridgehead atoms. The SMILES string of the molecule is O=C(Nc1cccs1)N1CCC(Oc2nncc3ccccc23)CC1. The van der Waals surface area contributed by atoms with Crippen molar-refractivity contribution in [3.63, 3.8) is 0 Å². The number of thiophene rings is 1. The van der Waals surface area contributed by atoms with Crippen LogP contribution in [0.3, 0.4) is 0 Å². The Bertz CT molecular complexity index is 855. The lowest BCUT2D eigenvalue weighted by Gasteiger charge is -2.31. The van der Waals surface area contributed by atoms with Crippen LogP contribution in [0.4, 0.5) is 9.80 Å². The third kappa shape index (κ3) is 3.56. The first-order valence-electron chi connectivity index (χ1n) is 8.26. The highest BCUT2D eigenvalue weighted by atomic mass is 32.1. The summed E-state index contributed by atoms with van der Waals surface area (Å²) in [7, 11) is 0. The average Bonchev–Trinajstić information content (AvgIpc) is 3.16. The number of hydrogen-bond acceptors (Lipinski definition) is 5. The third-order valence-corrected chi connectivity index (χ3v) is 5.08. The largest absolute Gasteiger partial charge is 0.473 e. The van der Waals surface area contributed by atoms with E-state index in [4.69, 9.17) is 4.74 Å². The quantitative estimate of drug-likeness (QED) is 0.777. The highest BCUT2D eigenvalue weighted by molar-refractivity contribution is 7.14. The number of benzene rings is 1. The minimum Gasteiger partial charge on any atom is -0.473 e. The van der Waals surface area contributed by atoms with Gasteiger partial charge in [-0.25, -0.2) is 4.79 Å². The van der Waals surface area contributed by atoms with Gasteiger partial charge in [0.05, 0.1) is 11.2 Å². The Kier molecular flexibility index (Phi) is 4.47. The molecule has 1 fully saturated rings. The molecular weight excluding hydrogens is 336 g/mol. The summed E-state index contributed by atoms with van der Waals surface area (Å²) in [4.78, 5) is 14.1. The molecule has 4 rings (SSSR count). The number of hydrogen-bond donors (Lipinski definition) is 1. The van der Waals surface area contributed by atoms with Gasteiger partial charge in [0, 0.05) is 36.7 Å². The van der Waals surface area contributed by atoms with Crippen molar-refractivity contribution in [1.29, 1.82) is 0 Å². The number of nitrogens with one attached hydrogen (secondary N) is 1. The maximum Gasteiger partial charge on any atom is 0.322 e. The molecule has 0 saturated carbocycles. The number of ether oxygens (including phenoxy) is 1. The number of aromatic nitrogens is 2. The van der Waals surface area contributed by atoms with E-state index in [0.717, 1.165) is 28.6 Å². The fourth-order valence-electron chi connectivity index (χ4n) is 2.96. The molecule has 0 spiro atoms. The van der Waals surface area contributed by atoms with Crippen molar-refractivity contribution in [2.45, 2.75) is 18.9 Å². The van der Waals surface area contributed by atoms with Gasteiger partial charge < -0.3 is 9.64 Å². The lowest BCUT2D eigenvalue weighted by atomic mass is 10.1. The van der Waals surface area contributed by atoms with Gasteiger partial charge in [-0.2, -0.15) is 5.10 Å². The summed E-state index contributed by atoms with van der Waals surface area (Å²) in [6, 6.07) is 11.7. The summed E-state index contributed by atoms with van der Waals surface area (Å²) in [6.07, 6.45) is 3.34. The summed E-state index contributed by atoms with van der Waals surface area (Å²) >= 11 is 1.52. The molecule has 1 aliphatic heterocycles. The van der Waals surface area contributed by atoms with Crippen LogP contribution < -0.4 is 10.1 Å². The predicted molar refractivity (Wildman–Crippen MR) is 98.1 cm³/mol. The highest BCUT2D eigenvalue weighted by Gasteiger charge is 2.25.